The van der Waals surface area contributed by atoms with Crippen LogP contribution in [0.25, 0.3) is 0 Å². The second kappa shape index (κ2) is 11.9. The molecule has 0 aliphatic carbocycles. The molecule has 2 amide bonds. The summed E-state index contributed by atoms with van der Waals surface area (Å²) in [6, 6.07) is 19.4. The molecule has 3 aromatic rings. The van der Waals surface area contributed by atoms with E-state index in [0.717, 1.165) is 24.9 Å². The number of rotatable bonds is 10. The Bertz CT molecular complexity index is 1080. The number of benzene rings is 3. The van der Waals surface area contributed by atoms with Crippen LogP contribution in [0.1, 0.15) is 35.7 Å². The predicted molar refractivity (Wildman–Crippen MR) is 132 cm³/mol. The van der Waals surface area contributed by atoms with Gasteiger partial charge in [0.1, 0.15) is 11.5 Å². The van der Waals surface area contributed by atoms with Crippen LogP contribution in [0.5, 0.6) is 11.5 Å². The lowest BCUT2D eigenvalue weighted by molar-refractivity contribution is -0.118. The van der Waals surface area contributed by atoms with E-state index in [4.69, 9.17) is 21.1 Å². The second-order valence-electron chi connectivity index (χ2n) is 7.47. The second-order valence-corrected chi connectivity index (χ2v) is 7.87. The highest BCUT2D eigenvalue weighted by Crippen LogP contribution is 2.27. The van der Waals surface area contributed by atoms with E-state index in [2.05, 4.69) is 17.6 Å². The zero-order chi connectivity index (χ0) is 23.6. The third kappa shape index (κ3) is 7.26. The van der Waals surface area contributed by atoms with Gasteiger partial charge in [0.2, 0.25) is 0 Å². The van der Waals surface area contributed by atoms with Gasteiger partial charge in [0, 0.05) is 16.9 Å². The van der Waals surface area contributed by atoms with Crippen LogP contribution in [0.4, 0.5) is 11.4 Å². The van der Waals surface area contributed by atoms with E-state index in [1.807, 2.05) is 24.3 Å². The third-order valence-electron chi connectivity index (χ3n) is 4.95. The maximum Gasteiger partial charge on any atom is 0.262 e. The molecule has 2 N–H and O–H groups in total. The molecule has 0 aliphatic heterocycles. The van der Waals surface area contributed by atoms with E-state index >= 15 is 0 Å². The molecule has 0 aliphatic rings. The molecule has 172 valence electrons. The van der Waals surface area contributed by atoms with Gasteiger partial charge in [-0.15, -0.1) is 0 Å². The molecule has 0 heterocycles. The van der Waals surface area contributed by atoms with Crippen molar-refractivity contribution in [1.29, 1.82) is 0 Å². The molecule has 6 nitrogen and oxygen atoms in total. The van der Waals surface area contributed by atoms with Gasteiger partial charge in [0.25, 0.3) is 11.8 Å². The maximum absolute atomic E-state index is 12.5. The number of carbonyl (C=O) groups is 2. The molecule has 0 atom stereocenters. The first kappa shape index (κ1) is 24.1. The SMILES string of the molecule is CCCCc1ccc(NC(=O)COc2ccc(C(=O)Nc3ccc(OC)c(Cl)c3)cc2)cc1. The summed E-state index contributed by atoms with van der Waals surface area (Å²) in [6.07, 6.45) is 3.34. The van der Waals surface area contributed by atoms with Crippen LogP contribution in [0.2, 0.25) is 5.02 Å². The summed E-state index contributed by atoms with van der Waals surface area (Å²) in [4.78, 5) is 24.6. The third-order valence-corrected chi connectivity index (χ3v) is 5.25. The fourth-order valence-electron chi connectivity index (χ4n) is 3.13. The number of nitrogens with one attached hydrogen (secondary N) is 2. The summed E-state index contributed by atoms with van der Waals surface area (Å²) in [7, 11) is 1.53. The molecule has 0 spiro atoms. The number of hydrogen-bond acceptors (Lipinski definition) is 4. The van der Waals surface area contributed by atoms with Crippen LogP contribution in [0.15, 0.2) is 66.7 Å². The van der Waals surface area contributed by atoms with Crippen LogP contribution in [-0.2, 0) is 11.2 Å². The molecule has 3 rings (SSSR count). The standard InChI is InChI=1S/C26H27ClN2O4/c1-3-4-5-18-6-10-20(11-7-18)28-25(30)17-33-22-13-8-19(9-14-22)26(31)29-21-12-15-24(32-2)23(27)16-21/h6-16H,3-5,17H2,1-2H3,(H,28,30)(H,29,31). The van der Waals surface area contributed by atoms with Gasteiger partial charge in [-0.25, -0.2) is 0 Å². The summed E-state index contributed by atoms with van der Waals surface area (Å²) < 4.78 is 10.6. The van der Waals surface area contributed by atoms with E-state index in [1.165, 1.54) is 12.7 Å². The van der Waals surface area contributed by atoms with Gasteiger partial charge in [0.05, 0.1) is 12.1 Å². The first-order valence-electron chi connectivity index (χ1n) is 10.7. The first-order chi connectivity index (χ1) is 16.0. The zero-order valence-corrected chi connectivity index (χ0v) is 19.4. The van der Waals surface area contributed by atoms with Crippen molar-refractivity contribution >= 4 is 34.8 Å². The molecule has 0 saturated carbocycles. The highest BCUT2D eigenvalue weighted by Gasteiger charge is 2.09. The fraction of sp³-hybridized carbons (Fsp3) is 0.231. The predicted octanol–water partition coefficient (Wildman–Crippen LogP) is 5.96. The minimum atomic E-state index is -0.289. The number of amides is 2. The molecule has 0 fully saturated rings. The van der Waals surface area contributed by atoms with E-state index in [1.54, 1.807) is 42.5 Å². The molecule has 3 aromatic carbocycles. The summed E-state index contributed by atoms with van der Waals surface area (Å²) in [6.45, 7) is 2.03. The highest BCUT2D eigenvalue weighted by atomic mass is 35.5. The summed E-state index contributed by atoms with van der Waals surface area (Å²) in [5, 5.41) is 6.00. The van der Waals surface area contributed by atoms with Gasteiger partial charge in [0.15, 0.2) is 6.61 Å². The van der Waals surface area contributed by atoms with Crippen LogP contribution in [0, 0.1) is 0 Å². The van der Waals surface area contributed by atoms with Crippen molar-refractivity contribution in [3.8, 4) is 11.5 Å². The quantitative estimate of drug-likeness (QED) is 0.386. The summed E-state index contributed by atoms with van der Waals surface area (Å²) in [5.41, 5.74) is 2.99. The molecule has 7 heteroatoms. The number of ether oxygens (including phenoxy) is 2. The van der Waals surface area contributed by atoms with Crippen molar-refractivity contribution in [3.05, 3.63) is 82.9 Å². The first-order valence-corrected chi connectivity index (χ1v) is 11.1. The average molecular weight is 467 g/mol. The van der Waals surface area contributed by atoms with Crippen molar-refractivity contribution < 1.29 is 19.1 Å². The smallest absolute Gasteiger partial charge is 0.262 e. The average Bonchev–Trinajstić information content (AvgIpc) is 2.83. The Hall–Kier alpha value is -3.51. The maximum atomic E-state index is 12.5. The molecule has 0 unspecified atom stereocenters. The molecular formula is C26H27ClN2O4. The Morgan fingerprint density at radius 1 is 0.909 bits per heavy atom. The van der Waals surface area contributed by atoms with Crippen molar-refractivity contribution in [2.75, 3.05) is 24.4 Å². The monoisotopic (exact) mass is 466 g/mol. The van der Waals surface area contributed by atoms with Crippen molar-refractivity contribution in [2.24, 2.45) is 0 Å². The number of unbranched alkanes of at least 4 members (excludes halogenated alkanes) is 1. The van der Waals surface area contributed by atoms with Crippen LogP contribution < -0.4 is 20.1 Å². The molecule has 0 saturated heterocycles. The Morgan fingerprint density at radius 2 is 1.61 bits per heavy atom. The zero-order valence-electron chi connectivity index (χ0n) is 18.7. The van der Waals surface area contributed by atoms with Crippen LogP contribution >= 0.6 is 11.6 Å². The van der Waals surface area contributed by atoms with Gasteiger partial charge < -0.3 is 20.1 Å². The topological polar surface area (TPSA) is 76.7 Å². The van der Waals surface area contributed by atoms with Crippen LogP contribution in [0.3, 0.4) is 0 Å². The lowest BCUT2D eigenvalue weighted by Crippen LogP contribution is -2.20. The number of aryl methyl sites for hydroxylation is 1. The molecule has 0 bridgehead atoms. The number of halogens is 1. The van der Waals surface area contributed by atoms with Crippen molar-refractivity contribution in [1.82, 2.24) is 0 Å². The Kier molecular flexibility index (Phi) is 8.72. The minimum Gasteiger partial charge on any atom is -0.495 e. The Morgan fingerprint density at radius 3 is 2.24 bits per heavy atom. The van der Waals surface area contributed by atoms with E-state index < -0.39 is 0 Å². The lowest BCUT2D eigenvalue weighted by atomic mass is 10.1. The number of anilines is 2. The lowest BCUT2D eigenvalue weighted by Gasteiger charge is -2.10. The van der Waals surface area contributed by atoms with Crippen molar-refractivity contribution in [3.63, 3.8) is 0 Å². The minimum absolute atomic E-state index is 0.131. The Balaban J connectivity index is 1.48. The van der Waals surface area contributed by atoms with E-state index in [-0.39, 0.29) is 18.4 Å². The largest absolute Gasteiger partial charge is 0.495 e. The highest BCUT2D eigenvalue weighted by molar-refractivity contribution is 6.32. The van der Waals surface area contributed by atoms with E-state index in [9.17, 15) is 9.59 Å². The van der Waals surface area contributed by atoms with Crippen molar-refractivity contribution in [2.45, 2.75) is 26.2 Å². The van der Waals surface area contributed by atoms with Gasteiger partial charge in [-0.3, -0.25) is 9.59 Å². The molecule has 0 aromatic heterocycles. The van der Waals surface area contributed by atoms with Gasteiger partial charge in [-0.1, -0.05) is 37.1 Å². The number of hydrogen-bond donors (Lipinski definition) is 2. The number of methoxy groups -OCH3 is 1. The van der Waals surface area contributed by atoms with Gasteiger partial charge in [-0.2, -0.15) is 0 Å². The molecular weight excluding hydrogens is 440 g/mol. The Labute approximate surface area is 198 Å². The van der Waals surface area contributed by atoms with Crippen LogP contribution in [-0.4, -0.2) is 25.5 Å². The van der Waals surface area contributed by atoms with Gasteiger partial charge in [-0.05, 0) is 73.0 Å². The summed E-state index contributed by atoms with van der Waals surface area (Å²) in [5.74, 6) is 0.478. The number of carbonyl (C=O) groups excluding carboxylic acids is 2. The molecule has 0 radical (unpaired) electrons. The fourth-order valence-corrected chi connectivity index (χ4v) is 3.39. The molecule has 33 heavy (non-hydrogen) atoms. The van der Waals surface area contributed by atoms with Gasteiger partial charge >= 0.3 is 0 Å². The summed E-state index contributed by atoms with van der Waals surface area (Å²) >= 11 is 6.09. The van der Waals surface area contributed by atoms with E-state index in [0.29, 0.717) is 27.8 Å². The normalized spacial score (nSPS) is 10.4.